The smallest absolute Gasteiger partial charge is 0.416 e. The maximum Gasteiger partial charge on any atom is 0.416 e. The van der Waals surface area contributed by atoms with Crippen LogP contribution in [0.3, 0.4) is 0 Å². The number of amides is 1. The first kappa shape index (κ1) is 23.7. The van der Waals surface area contributed by atoms with Gasteiger partial charge >= 0.3 is 12.1 Å². The Morgan fingerprint density at radius 2 is 1.80 bits per heavy atom. The van der Waals surface area contributed by atoms with E-state index >= 15 is 0 Å². The fraction of sp³-hybridized carbons (Fsp3) is 0.120. The van der Waals surface area contributed by atoms with E-state index in [-0.39, 0.29) is 11.3 Å². The lowest BCUT2D eigenvalue weighted by molar-refractivity contribution is -0.137. The third-order valence-electron chi connectivity index (χ3n) is 5.00. The van der Waals surface area contributed by atoms with E-state index in [0.717, 1.165) is 12.1 Å². The molecule has 2 aromatic carbocycles. The first-order chi connectivity index (χ1) is 16.7. The van der Waals surface area contributed by atoms with E-state index in [4.69, 9.17) is 4.74 Å². The molecule has 0 saturated heterocycles. The zero-order valence-corrected chi connectivity index (χ0v) is 18.4. The van der Waals surface area contributed by atoms with Crippen LogP contribution in [0.2, 0.25) is 0 Å². The van der Waals surface area contributed by atoms with Crippen LogP contribution >= 0.6 is 0 Å². The quantitative estimate of drug-likeness (QED) is 0.387. The summed E-state index contributed by atoms with van der Waals surface area (Å²) < 4.78 is 45.6. The number of anilines is 1. The molecular weight excluding hydrogens is 461 g/mol. The number of alkyl halides is 3. The number of hydrogen-bond donors (Lipinski definition) is 1. The van der Waals surface area contributed by atoms with Crippen LogP contribution in [-0.4, -0.2) is 32.7 Å². The molecule has 0 aliphatic rings. The second-order valence-electron chi connectivity index (χ2n) is 7.53. The molecule has 2 aromatic heterocycles. The Hall–Kier alpha value is -4.47. The first-order valence-corrected chi connectivity index (χ1v) is 10.5. The molecule has 4 rings (SSSR count). The molecule has 4 aromatic rings. The van der Waals surface area contributed by atoms with Gasteiger partial charge in [-0.1, -0.05) is 24.3 Å². The Balaban J connectivity index is 1.55. The highest BCUT2D eigenvalue weighted by Gasteiger charge is 2.31. The van der Waals surface area contributed by atoms with Crippen molar-refractivity contribution < 1.29 is 27.5 Å². The summed E-state index contributed by atoms with van der Waals surface area (Å²) in [5, 5.41) is 6.83. The Morgan fingerprint density at radius 1 is 1.03 bits per heavy atom. The minimum absolute atomic E-state index is 0.0688. The van der Waals surface area contributed by atoms with Crippen molar-refractivity contribution >= 4 is 17.6 Å². The number of rotatable bonds is 6. The number of para-hydroxylation sites is 1. The number of hydrogen-bond acceptors (Lipinski definition) is 5. The Bertz CT molecular complexity index is 1340. The predicted molar refractivity (Wildman–Crippen MR) is 122 cm³/mol. The maximum atomic E-state index is 13.0. The van der Waals surface area contributed by atoms with Crippen molar-refractivity contribution in [1.82, 2.24) is 14.8 Å². The zero-order chi connectivity index (χ0) is 25.0. The second-order valence-corrected chi connectivity index (χ2v) is 7.53. The van der Waals surface area contributed by atoms with Gasteiger partial charge in [0.2, 0.25) is 0 Å². The summed E-state index contributed by atoms with van der Waals surface area (Å²) in [6, 6.07) is 16.7. The van der Waals surface area contributed by atoms with Crippen molar-refractivity contribution in [2.45, 2.75) is 19.2 Å². The number of carbonyl (C=O) groups excluding carboxylic acids is 2. The van der Waals surface area contributed by atoms with Gasteiger partial charge in [-0.2, -0.15) is 18.3 Å². The van der Waals surface area contributed by atoms with Gasteiger partial charge in [0.25, 0.3) is 5.91 Å². The minimum Gasteiger partial charge on any atom is -0.449 e. The van der Waals surface area contributed by atoms with Gasteiger partial charge in [0, 0.05) is 29.8 Å². The van der Waals surface area contributed by atoms with Gasteiger partial charge in [0.05, 0.1) is 11.3 Å². The van der Waals surface area contributed by atoms with Crippen LogP contribution in [0.5, 0.6) is 0 Å². The van der Waals surface area contributed by atoms with Crippen molar-refractivity contribution in [2.75, 3.05) is 5.32 Å². The van der Waals surface area contributed by atoms with E-state index in [1.807, 2.05) is 18.2 Å². The fourth-order valence-electron chi connectivity index (χ4n) is 3.25. The third-order valence-corrected chi connectivity index (χ3v) is 5.00. The van der Waals surface area contributed by atoms with E-state index in [1.165, 1.54) is 36.1 Å². The largest absolute Gasteiger partial charge is 0.449 e. The molecule has 1 atom stereocenters. The van der Waals surface area contributed by atoms with Gasteiger partial charge in [0.15, 0.2) is 6.10 Å². The van der Waals surface area contributed by atoms with Gasteiger partial charge in [-0.15, -0.1) is 0 Å². The summed E-state index contributed by atoms with van der Waals surface area (Å²) in [6.45, 7) is 1.33. The molecule has 178 valence electrons. The molecule has 7 nitrogen and oxygen atoms in total. The molecule has 1 N–H and O–H groups in total. The molecule has 1 amide bonds. The highest BCUT2D eigenvalue weighted by Crippen LogP contribution is 2.31. The molecule has 0 unspecified atom stereocenters. The standard InChI is InChI=1S/C25H19F3N4O3/c1-16(23(33)30-19-9-5-8-18(13-19)25(26,27)28)35-24(34)21-15-32(20-10-3-2-4-11-20)31-22(21)17-7-6-12-29-14-17/h2-16H,1H3,(H,30,33)/t16-/m1/s1. The van der Waals surface area contributed by atoms with Crippen LogP contribution in [-0.2, 0) is 15.7 Å². The Labute approximate surface area is 198 Å². The number of benzene rings is 2. The number of ether oxygens (including phenoxy) is 1. The highest BCUT2D eigenvalue weighted by molar-refractivity contribution is 6.00. The van der Waals surface area contributed by atoms with Crippen molar-refractivity contribution in [3.8, 4) is 16.9 Å². The number of esters is 1. The van der Waals surface area contributed by atoms with Crippen LogP contribution in [0.25, 0.3) is 16.9 Å². The average Bonchev–Trinajstić information content (AvgIpc) is 3.30. The van der Waals surface area contributed by atoms with E-state index in [9.17, 15) is 22.8 Å². The lowest BCUT2D eigenvalue weighted by atomic mass is 10.1. The van der Waals surface area contributed by atoms with Crippen molar-refractivity contribution in [1.29, 1.82) is 0 Å². The van der Waals surface area contributed by atoms with Crippen molar-refractivity contribution in [2.24, 2.45) is 0 Å². The highest BCUT2D eigenvalue weighted by atomic mass is 19.4. The number of carbonyl (C=O) groups is 2. The molecule has 0 fully saturated rings. The Morgan fingerprint density at radius 3 is 2.49 bits per heavy atom. The zero-order valence-electron chi connectivity index (χ0n) is 18.4. The molecule has 0 bridgehead atoms. The van der Waals surface area contributed by atoms with Crippen molar-refractivity contribution in [3.63, 3.8) is 0 Å². The number of aromatic nitrogens is 3. The number of nitrogens with one attached hydrogen (secondary N) is 1. The van der Waals surface area contributed by atoms with Gasteiger partial charge in [-0.25, -0.2) is 9.48 Å². The summed E-state index contributed by atoms with van der Waals surface area (Å²) in [6.07, 6.45) is -1.25. The van der Waals surface area contributed by atoms with Crippen LogP contribution in [0.15, 0.2) is 85.3 Å². The van der Waals surface area contributed by atoms with Crippen molar-refractivity contribution in [3.05, 3.63) is 96.4 Å². The monoisotopic (exact) mass is 480 g/mol. The molecule has 35 heavy (non-hydrogen) atoms. The summed E-state index contributed by atoms with van der Waals surface area (Å²) in [7, 11) is 0. The average molecular weight is 480 g/mol. The molecular formula is C25H19F3N4O3. The van der Waals surface area contributed by atoms with E-state index < -0.39 is 29.7 Å². The van der Waals surface area contributed by atoms with E-state index in [0.29, 0.717) is 16.9 Å². The normalized spacial score (nSPS) is 12.1. The Kier molecular flexibility index (Phi) is 6.63. The van der Waals surface area contributed by atoms with Gasteiger partial charge < -0.3 is 10.1 Å². The molecule has 10 heteroatoms. The van der Waals surface area contributed by atoms with Gasteiger partial charge in [0.1, 0.15) is 11.3 Å². The van der Waals surface area contributed by atoms with Crippen LogP contribution in [0.1, 0.15) is 22.8 Å². The predicted octanol–water partition coefficient (Wildman–Crippen LogP) is 5.14. The minimum atomic E-state index is -4.56. The number of nitrogens with zero attached hydrogens (tertiary/aromatic N) is 3. The molecule has 0 aliphatic carbocycles. The molecule has 0 spiro atoms. The number of halogens is 3. The topological polar surface area (TPSA) is 86.1 Å². The SMILES string of the molecule is C[C@@H](OC(=O)c1cn(-c2ccccc2)nc1-c1cccnc1)C(=O)Nc1cccc(C(F)(F)F)c1. The van der Waals surface area contributed by atoms with Gasteiger partial charge in [-0.05, 0) is 49.4 Å². The summed E-state index contributed by atoms with van der Waals surface area (Å²) in [5.41, 5.74) is 0.690. The van der Waals surface area contributed by atoms with E-state index in [2.05, 4.69) is 15.4 Å². The van der Waals surface area contributed by atoms with Crippen LogP contribution < -0.4 is 5.32 Å². The summed E-state index contributed by atoms with van der Waals surface area (Å²) >= 11 is 0. The molecule has 0 aliphatic heterocycles. The summed E-state index contributed by atoms with van der Waals surface area (Å²) in [5.74, 6) is -1.60. The van der Waals surface area contributed by atoms with Crippen LogP contribution in [0.4, 0.5) is 18.9 Å². The van der Waals surface area contributed by atoms with E-state index in [1.54, 1.807) is 30.5 Å². The third kappa shape index (κ3) is 5.55. The van der Waals surface area contributed by atoms with Crippen LogP contribution in [0, 0.1) is 0 Å². The maximum absolute atomic E-state index is 13.0. The second kappa shape index (κ2) is 9.80. The molecule has 0 saturated carbocycles. The lowest BCUT2D eigenvalue weighted by Crippen LogP contribution is -2.30. The first-order valence-electron chi connectivity index (χ1n) is 10.5. The summed E-state index contributed by atoms with van der Waals surface area (Å²) in [4.78, 5) is 29.6. The van der Waals surface area contributed by atoms with Gasteiger partial charge in [-0.3, -0.25) is 9.78 Å². The number of pyridine rings is 1. The fourth-order valence-corrected chi connectivity index (χ4v) is 3.25. The molecule has 2 heterocycles. The lowest BCUT2D eigenvalue weighted by Gasteiger charge is -2.14. The molecule has 0 radical (unpaired) electrons.